The first-order valence-electron chi connectivity index (χ1n) is 8.06. The van der Waals surface area contributed by atoms with Gasteiger partial charge >= 0.3 is 0 Å². The van der Waals surface area contributed by atoms with Crippen LogP contribution in [0.1, 0.15) is 13.8 Å². The van der Waals surface area contributed by atoms with Crippen LogP contribution in [-0.4, -0.2) is 38.3 Å². The normalized spacial score (nSPS) is 11.7. The minimum atomic E-state index is -3.57. The molecule has 1 amide bonds. The Morgan fingerprint density at radius 1 is 1.11 bits per heavy atom. The monoisotopic (exact) mass is 430 g/mol. The van der Waals surface area contributed by atoms with E-state index in [0.717, 1.165) is 0 Å². The Balaban J connectivity index is 1.98. The molecule has 0 saturated carbocycles. The van der Waals surface area contributed by atoms with Crippen LogP contribution in [0, 0.1) is 0 Å². The Morgan fingerprint density at radius 3 is 2.19 bits per heavy atom. The molecule has 0 aliphatic heterocycles. The molecule has 0 fully saturated rings. The molecule has 0 aromatic heterocycles. The van der Waals surface area contributed by atoms with Gasteiger partial charge in [0.05, 0.1) is 4.90 Å². The molecular formula is C18H20Cl2N2O4S. The van der Waals surface area contributed by atoms with E-state index < -0.39 is 15.9 Å². The third-order valence-electron chi connectivity index (χ3n) is 3.75. The van der Waals surface area contributed by atoms with Gasteiger partial charge in [0, 0.05) is 28.8 Å². The summed E-state index contributed by atoms with van der Waals surface area (Å²) in [4.78, 5) is 12.2. The molecule has 6 nitrogen and oxygen atoms in total. The second-order valence-corrected chi connectivity index (χ2v) is 8.95. The number of amides is 1. The van der Waals surface area contributed by atoms with Crippen molar-refractivity contribution >= 4 is 44.8 Å². The number of hydrogen-bond acceptors (Lipinski definition) is 4. The van der Waals surface area contributed by atoms with Gasteiger partial charge in [-0.05, 0) is 56.3 Å². The van der Waals surface area contributed by atoms with Gasteiger partial charge in [0.1, 0.15) is 5.75 Å². The second-order valence-electron chi connectivity index (χ2n) is 6.08. The number of carbonyl (C=O) groups excluding carboxylic acids is 1. The van der Waals surface area contributed by atoms with Crippen LogP contribution in [0.25, 0.3) is 0 Å². The van der Waals surface area contributed by atoms with Gasteiger partial charge in [-0.1, -0.05) is 23.2 Å². The van der Waals surface area contributed by atoms with Crippen molar-refractivity contribution in [1.82, 2.24) is 4.31 Å². The van der Waals surface area contributed by atoms with Crippen LogP contribution < -0.4 is 10.1 Å². The van der Waals surface area contributed by atoms with E-state index in [1.165, 1.54) is 35.6 Å². The lowest BCUT2D eigenvalue weighted by molar-refractivity contribution is -0.118. The fraction of sp³-hybridized carbons (Fsp3) is 0.278. The highest BCUT2D eigenvalue weighted by Gasteiger charge is 2.22. The lowest BCUT2D eigenvalue weighted by Crippen LogP contribution is -2.33. The minimum absolute atomic E-state index is 0.154. The van der Waals surface area contributed by atoms with Gasteiger partial charge in [-0.2, -0.15) is 4.31 Å². The van der Waals surface area contributed by atoms with Crippen LogP contribution in [-0.2, 0) is 14.8 Å². The molecular weight excluding hydrogens is 411 g/mol. The molecule has 0 heterocycles. The zero-order valence-electron chi connectivity index (χ0n) is 15.1. The van der Waals surface area contributed by atoms with E-state index in [1.54, 1.807) is 32.0 Å². The predicted octanol–water partition coefficient (Wildman–Crippen LogP) is 4.04. The molecule has 0 unspecified atom stereocenters. The molecule has 0 aliphatic rings. The molecule has 1 N–H and O–H groups in total. The number of halogens is 2. The number of ether oxygens (including phenoxy) is 1. The fourth-order valence-corrected chi connectivity index (χ4v) is 3.99. The Labute approximate surface area is 169 Å². The van der Waals surface area contributed by atoms with Crippen LogP contribution >= 0.6 is 23.2 Å². The van der Waals surface area contributed by atoms with Gasteiger partial charge in [0.25, 0.3) is 5.91 Å². The summed E-state index contributed by atoms with van der Waals surface area (Å²) >= 11 is 11.7. The molecule has 0 spiro atoms. The second kappa shape index (κ2) is 8.93. The Bertz CT molecular complexity index is 895. The first-order chi connectivity index (χ1) is 12.6. The zero-order chi connectivity index (χ0) is 20.2. The van der Waals surface area contributed by atoms with E-state index in [9.17, 15) is 13.2 Å². The van der Waals surface area contributed by atoms with Gasteiger partial charge in [-0.15, -0.1) is 0 Å². The lowest BCUT2D eigenvalue weighted by Gasteiger charge is -2.21. The smallest absolute Gasteiger partial charge is 0.262 e. The zero-order valence-corrected chi connectivity index (χ0v) is 17.4. The highest BCUT2D eigenvalue weighted by atomic mass is 35.5. The van der Waals surface area contributed by atoms with E-state index in [1.807, 2.05) is 0 Å². The fourth-order valence-electron chi connectivity index (χ4n) is 2.11. The van der Waals surface area contributed by atoms with Crippen molar-refractivity contribution in [3.05, 3.63) is 52.5 Å². The van der Waals surface area contributed by atoms with Crippen molar-refractivity contribution < 1.29 is 17.9 Å². The van der Waals surface area contributed by atoms with E-state index in [2.05, 4.69) is 5.32 Å². The number of carbonyl (C=O) groups is 1. The third-order valence-corrected chi connectivity index (χ3v) is 6.23. The minimum Gasteiger partial charge on any atom is -0.484 e. The molecule has 27 heavy (non-hydrogen) atoms. The number of nitrogens with one attached hydrogen (secondary N) is 1. The number of nitrogens with zero attached hydrogens (tertiary/aromatic N) is 1. The van der Waals surface area contributed by atoms with Gasteiger partial charge in [-0.25, -0.2) is 8.42 Å². The van der Waals surface area contributed by atoms with Crippen molar-refractivity contribution in [3.8, 4) is 5.75 Å². The molecule has 146 valence electrons. The lowest BCUT2D eigenvalue weighted by atomic mass is 10.3. The van der Waals surface area contributed by atoms with Crippen LogP contribution in [0.3, 0.4) is 0 Å². The molecule has 9 heteroatoms. The van der Waals surface area contributed by atoms with E-state index in [4.69, 9.17) is 27.9 Å². The molecule has 0 atom stereocenters. The molecule has 0 saturated heterocycles. The molecule has 2 aromatic carbocycles. The van der Waals surface area contributed by atoms with Crippen molar-refractivity contribution in [3.63, 3.8) is 0 Å². The van der Waals surface area contributed by atoms with Gasteiger partial charge < -0.3 is 10.1 Å². The first kappa shape index (κ1) is 21.5. The summed E-state index contributed by atoms with van der Waals surface area (Å²) in [5.74, 6) is -0.0261. The average Bonchev–Trinajstić information content (AvgIpc) is 2.59. The predicted molar refractivity (Wildman–Crippen MR) is 107 cm³/mol. The molecule has 0 bridgehead atoms. The van der Waals surface area contributed by atoms with Crippen LogP contribution in [0.15, 0.2) is 47.4 Å². The summed E-state index contributed by atoms with van der Waals surface area (Å²) < 4.78 is 31.5. The Morgan fingerprint density at radius 2 is 1.67 bits per heavy atom. The number of anilines is 1. The summed E-state index contributed by atoms with van der Waals surface area (Å²) in [6.07, 6.45) is 0. The van der Waals surface area contributed by atoms with Gasteiger partial charge in [0.15, 0.2) is 6.61 Å². The number of hydrogen-bond donors (Lipinski definition) is 1. The first-order valence-corrected chi connectivity index (χ1v) is 10.3. The number of benzene rings is 2. The Kier molecular flexibility index (Phi) is 7.11. The standard InChI is InChI=1S/C18H20Cl2N2O4S/c1-12(2)22(3)27(24,25)17-6-4-15(5-7-17)21-18(23)11-26-16-9-13(19)8-14(20)10-16/h4-10,12H,11H2,1-3H3,(H,21,23). The van der Waals surface area contributed by atoms with Crippen LogP contribution in [0.4, 0.5) is 5.69 Å². The van der Waals surface area contributed by atoms with Crippen LogP contribution in [0.2, 0.25) is 10.0 Å². The summed E-state index contributed by atoms with van der Waals surface area (Å²) in [6.45, 7) is 3.34. The van der Waals surface area contributed by atoms with Crippen molar-refractivity contribution in [2.45, 2.75) is 24.8 Å². The quantitative estimate of drug-likeness (QED) is 0.718. The van der Waals surface area contributed by atoms with Crippen molar-refractivity contribution in [1.29, 1.82) is 0 Å². The van der Waals surface area contributed by atoms with E-state index >= 15 is 0 Å². The topological polar surface area (TPSA) is 75.7 Å². The van der Waals surface area contributed by atoms with Crippen molar-refractivity contribution in [2.75, 3.05) is 19.0 Å². The maximum atomic E-state index is 12.4. The average molecular weight is 431 g/mol. The summed E-state index contributed by atoms with van der Waals surface area (Å²) in [7, 11) is -2.04. The highest BCUT2D eigenvalue weighted by Crippen LogP contribution is 2.24. The number of sulfonamides is 1. The van der Waals surface area contributed by atoms with Gasteiger partial charge in [-0.3, -0.25) is 4.79 Å². The maximum absolute atomic E-state index is 12.4. The summed E-state index contributed by atoms with van der Waals surface area (Å²) in [5, 5.41) is 3.44. The Hall–Kier alpha value is -1.80. The van der Waals surface area contributed by atoms with Crippen LogP contribution in [0.5, 0.6) is 5.75 Å². The largest absolute Gasteiger partial charge is 0.484 e. The van der Waals surface area contributed by atoms with E-state index in [0.29, 0.717) is 21.5 Å². The van der Waals surface area contributed by atoms with E-state index in [-0.39, 0.29) is 17.5 Å². The van der Waals surface area contributed by atoms with Crippen molar-refractivity contribution in [2.24, 2.45) is 0 Å². The molecule has 0 aliphatic carbocycles. The molecule has 0 radical (unpaired) electrons. The molecule has 2 rings (SSSR count). The SMILES string of the molecule is CC(C)N(C)S(=O)(=O)c1ccc(NC(=O)COc2cc(Cl)cc(Cl)c2)cc1. The molecule has 2 aromatic rings. The highest BCUT2D eigenvalue weighted by molar-refractivity contribution is 7.89. The van der Waals surface area contributed by atoms with Gasteiger partial charge in [0.2, 0.25) is 10.0 Å². The summed E-state index contributed by atoms with van der Waals surface area (Å²) in [6, 6.07) is 10.4. The maximum Gasteiger partial charge on any atom is 0.262 e. The third kappa shape index (κ3) is 5.84. The summed E-state index contributed by atoms with van der Waals surface area (Å²) in [5.41, 5.74) is 0.457. The number of rotatable bonds is 7.